The summed E-state index contributed by atoms with van der Waals surface area (Å²) in [4.78, 5) is 16.8. The first-order chi connectivity index (χ1) is 12.6. The largest absolute Gasteiger partial charge is 0.357 e. The molecule has 26 heavy (non-hydrogen) atoms. The quantitative estimate of drug-likeness (QED) is 0.741. The third-order valence-electron chi connectivity index (χ3n) is 5.43. The van der Waals surface area contributed by atoms with Crippen LogP contribution in [-0.4, -0.2) is 21.4 Å². The van der Waals surface area contributed by atoms with Gasteiger partial charge in [0.1, 0.15) is 6.04 Å². The number of nitrogens with zero attached hydrogens (tertiary/aromatic N) is 2. The van der Waals surface area contributed by atoms with Crippen LogP contribution in [0, 0.1) is 0 Å². The van der Waals surface area contributed by atoms with E-state index in [4.69, 9.17) is 9.98 Å². The van der Waals surface area contributed by atoms with Crippen molar-refractivity contribution in [1.29, 1.82) is 0 Å². The summed E-state index contributed by atoms with van der Waals surface area (Å²) in [6, 6.07) is 8.56. The van der Waals surface area contributed by atoms with Crippen LogP contribution in [0.1, 0.15) is 38.2 Å². The number of hydrogen-bond acceptors (Lipinski definition) is 2. The number of H-pyrrole nitrogens is 2. The molecule has 4 nitrogen and oxygen atoms in total. The molecule has 3 aliphatic heterocycles. The molecule has 0 aromatic carbocycles. The molecule has 0 amide bonds. The Hall–Kier alpha value is -3.14. The van der Waals surface area contributed by atoms with E-state index in [9.17, 15) is 0 Å². The van der Waals surface area contributed by atoms with E-state index in [-0.39, 0.29) is 6.04 Å². The highest BCUT2D eigenvalue weighted by molar-refractivity contribution is 6.26. The Bertz CT molecular complexity index is 1200. The van der Waals surface area contributed by atoms with Crippen molar-refractivity contribution in [2.75, 3.05) is 0 Å². The smallest absolute Gasteiger partial charge is 0.109 e. The molecule has 5 heterocycles. The molecule has 4 heteroatoms. The molecule has 2 N–H and O–H groups in total. The van der Waals surface area contributed by atoms with E-state index in [1.54, 1.807) is 0 Å². The van der Waals surface area contributed by atoms with E-state index in [1.165, 1.54) is 5.57 Å². The normalized spacial score (nSPS) is 28.0. The van der Waals surface area contributed by atoms with Crippen molar-refractivity contribution in [1.82, 2.24) is 9.97 Å². The van der Waals surface area contributed by atoms with Crippen LogP contribution < -0.4 is 10.7 Å². The molecule has 0 saturated carbocycles. The average Bonchev–Trinajstić information content (AvgIpc) is 3.45. The van der Waals surface area contributed by atoms with Gasteiger partial charge < -0.3 is 9.97 Å². The maximum atomic E-state index is 4.89. The van der Waals surface area contributed by atoms with Crippen LogP contribution in [0.3, 0.4) is 0 Å². The van der Waals surface area contributed by atoms with Crippen LogP contribution in [0.2, 0.25) is 0 Å². The van der Waals surface area contributed by atoms with Crippen LogP contribution in [0.4, 0.5) is 0 Å². The molecule has 128 valence electrons. The van der Waals surface area contributed by atoms with Gasteiger partial charge in [-0.25, -0.2) is 4.99 Å². The van der Waals surface area contributed by atoms with Crippen molar-refractivity contribution in [3.05, 3.63) is 81.9 Å². The Kier molecular flexibility index (Phi) is 3.16. The lowest BCUT2D eigenvalue weighted by Gasteiger charge is -2.04. The Balaban J connectivity index is 1.82. The van der Waals surface area contributed by atoms with E-state index in [2.05, 4.69) is 79.3 Å². The molecule has 0 saturated heterocycles. The van der Waals surface area contributed by atoms with Gasteiger partial charge in [-0.2, -0.15) is 0 Å². The number of fused-ring (bicyclic) bond motifs is 7. The standard InChI is InChI=1S/C22H20N4/c1-12-15-4-6-17(23-15)13(2)19-8-10-21(25-19)22-11-9-20(26-22)14(3)18-7-5-16(12)24-18/h4-11,21,24,26H,1-3H3/b16-12-,17-13-,18-14-. The molecular formula is C22H20N4. The molecule has 1 atom stereocenters. The van der Waals surface area contributed by atoms with Crippen molar-refractivity contribution in [3.8, 4) is 0 Å². The first-order valence-corrected chi connectivity index (χ1v) is 8.91. The maximum Gasteiger partial charge on any atom is 0.109 e. The summed E-state index contributed by atoms with van der Waals surface area (Å²) in [5, 5.41) is 2.21. The number of nitrogens with one attached hydrogen (secondary N) is 2. The van der Waals surface area contributed by atoms with Crippen molar-refractivity contribution in [2.24, 2.45) is 9.98 Å². The molecule has 0 radical (unpaired) electrons. The zero-order valence-corrected chi connectivity index (χ0v) is 15.1. The molecule has 1 unspecified atom stereocenters. The summed E-state index contributed by atoms with van der Waals surface area (Å²) < 4.78 is 0. The fraction of sp³-hybridized carbons (Fsp3) is 0.182. The van der Waals surface area contributed by atoms with Crippen molar-refractivity contribution in [3.63, 3.8) is 0 Å². The summed E-state index contributed by atoms with van der Waals surface area (Å²) in [6.45, 7) is 6.34. The van der Waals surface area contributed by atoms with Gasteiger partial charge in [-0.15, -0.1) is 0 Å². The Labute approximate surface area is 151 Å². The van der Waals surface area contributed by atoms with Gasteiger partial charge in [0, 0.05) is 22.1 Å². The van der Waals surface area contributed by atoms with Crippen LogP contribution in [0.15, 0.2) is 69.8 Å². The third-order valence-corrected chi connectivity index (χ3v) is 5.43. The van der Waals surface area contributed by atoms with Crippen molar-refractivity contribution in [2.45, 2.75) is 26.8 Å². The zero-order valence-electron chi connectivity index (χ0n) is 15.1. The van der Waals surface area contributed by atoms with Gasteiger partial charge in [0.05, 0.1) is 17.1 Å². The fourth-order valence-corrected chi connectivity index (χ4v) is 3.64. The zero-order chi connectivity index (χ0) is 17.8. The van der Waals surface area contributed by atoms with Crippen LogP contribution in [0.25, 0.3) is 11.1 Å². The lowest BCUT2D eigenvalue weighted by atomic mass is 10.1. The highest BCUT2D eigenvalue weighted by Crippen LogP contribution is 2.28. The van der Waals surface area contributed by atoms with E-state index in [1.807, 2.05) is 0 Å². The van der Waals surface area contributed by atoms with E-state index < -0.39 is 0 Å². The highest BCUT2D eigenvalue weighted by atomic mass is 14.9. The summed E-state index contributed by atoms with van der Waals surface area (Å²) in [6.07, 6.45) is 8.41. The number of aromatic nitrogens is 2. The van der Waals surface area contributed by atoms with Gasteiger partial charge in [0.15, 0.2) is 0 Å². The van der Waals surface area contributed by atoms with Gasteiger partial charge in [-0.3, -0.25) is 4.99 Å². The molecule has 3 aliphatic rings. The summed E-state index contributed by atoms with van der Waals surface area (Å²) in [5.41, 5.74) is 8.67. The van der Waals surface area contributed by atoms with E-state index >= 15 is 0 Å². The highest BCUT2D eigenvalue weighted by Gasteiger charge is 2.19. The van der Waals surface area contributed by atoms with Gasteiger partial charge in [-0.05, 0) is 80.0 Å². The van der Waals surface area contributed by atoms with Crippen LogP contribution in [0.5, 0.6) is 0 Å². The summed E-state index contributed by atoms with van der Waals surface area (Å²) in [7, 11) is 0. The monoisotopic (exact) mass is 340 g/mol. The third kappa shape index (κ3) is 2.22. The number of aromatic amines is 2. The van der Waals surface area contributed by atoms with Crippen molar-refractivity contribution < 1.29 is 0 Å². The minimum absolute atomic E-state index is 0.0357. The second-order valence-corrected chi connectivity index (χ2v) is 7.02. The lowest BCUT2D eigenvalue weighted by molar-refractivity contribution is 0.889. The minimum Gasteiger partial charge on any atom is -0.357 e. The summed E-state index contributed by atoms with van der Waals surface area (Å²) >= 11 is 0. The number of rotatable bonds is 0. The molecule has 0 fully saturated rings. The summed E-state index contributed by atoms with van der Waals surface area (Å²) in [5.74, 6) is 0. The predicted octanol–water partition coefficient (Wildman–Crippen LogP) is 3.08. The van der Waals surface area contributed by atoms with Crippen LogP contribution >= 0.6 is 0 Å². The molecule has 0 aliphatic carbocycles. The van der Waals surface area contributed by atoms with Gasteiger partial charge in [0.25, 0.3) is 0 Å². The first-order valence-electron chi connectivity index (χ1n) is 8.91. The SMILES string of the molecule is C/C1=C2\C=CC(=N2)/C(C)=c2/cc/c([nH]2)=C(\C)c2ccc([nH]2)C2C=CC1=N2. The Morgan fingerprint density at radius 2 is 1.58 bits per heavy atom. The lowest BCUT2D eigenvalue weighted by Crippen LogP contribution is -2.16. The molecule has 2 aromatic rings. The molecule has 0 spiro atoms. The number of allylic oxidation sites excluding steroid dienone is 4. The molecule has 8 bridgehead atoms. The average molecular weight is 340 g/mol. The molecule has 2 aromatic heterocycles. The topological polar surface area (TPSA) is 56.3 Å². The molecule has 5 rings (SSSR count). The minimum atomic E-state index is 0.0357. The van der Waals surface area contributed by atoms with E-state index in [0.717, 1.165) is 50.4 Å². The maximum absolute atomic E-state index is 4.89. The number of aliphatic imine (C=N–C) groups is 2. The van der Waals surface area contributed by atoms with Gasteiger partial charge >= 0.3 is 0 Å². The van der Waals surface area contributed by atoms with Crippen molar-refractivity contribution >= 4 is 22.6 Å². The first kappa shape index (κ1) is 15.1. The number of hydrogen-bond donors (Lipinski definition) is 2. The molecular weight excluding hydrogens is 320 g/mol. The van der Waals surface area contributed by atoms with Gasteiger partial charge in [0.2, 0.25) is 0 Å². The second kappa shape index (κ2) is 5.43. The fourth-order valence-electron chi connectivity index (χ4n) is 3.64. The predicted molar refractivity (Wildman–Crippen MR) is 107 cm³/mol. The van der Waals surface area contributed by atoms with E-state index in [0.29, 0.717) is 0 Å². The van der Waals surface area contributed by atoms with Gasteiger partial charge in [-0.1, -0.05) is 6.08 Å². The van der Waals surface area contributed by atoms with Crippen LogP contribution in [-0.2, 0) is 0 Å². The Morgan fingerprint density at radius 1 is 0.769 bits per heavy atom. The second-order valence-electron chi connectivity index (χ2n) is 7.02. The Morgan fingerprint density at radius 3 is 2.42 bits per heavy atom.